The van der Waals surface area contributed by atoms with Crippen molar-refractivity contribution >= 4 is 6.09 Å². The second kappa shape index (κ2) is 4.83. The number of alkyl halides is 1. The third-order valence-corrected chi connectivity index (χ3v) is 4.92. The average molecular weight is 298 g/mol. The first-order chi connectivity index (χ1) is 9.71. The van der Waals surface area contributed by atoms with Crippen molar-refractivity contribution in [2.75, 3.05) is 19.6 Å². The molecule has 2 bridgehead atoms. The molecule has 1 heterocycles. The molecule has 1 aliphatic heterocycles. The van der Waals surface area contributed by atoms with E-state index in [0.717, 1.165) is 25.9 Å². The lowest BCUT2D eigenvalue weighted by Gasteiger charge is -2.67. The molecular formula is C16H27FN2O2. The molecule has 3 aliphatic carbocycles. The van der Waals surface area contributed by atoms with Gasteiger partial charge in [0.1, 0.15) is 11.3 Å². The van der Waals surface area contributed by atoms with Crippen molar-refractivity contribution in [3.05, 3.63) is 0 Å². The van der Waals surface area contributed by atoms with Gasteiger partial charge in [0.2, 0.25) is 0 Å². The first-order valence-electron chi connectivity index (χ1n) is 8.10. The molecule has 21 heavy (non-hydrogen) atoms. The van der Waals surface area contributed by atoms with Crippen molar-refractivity contribution in [1.29, 1.82) is 0 Å². The van der Waals surface area contributed by atoms with Crippen molar-refractivity contribution < 1.29 is 13.9 Å². The Morgan fingerprint density at radius 2 is 2.05 bits per heavy atom. The molecule has 1 saturated heterocycles. The Kier molecular flexibility index (Phi) is 3.47. The van der Waals surface area contributed by atoms with E-state index in [2.05, 4.69) is 5.32 Å². The van der Waals surface area contributed by atoms with Gasteiger partial charge in [-0.2, -0.15) is 0 Å². The topological polar surface area (TPSA) is 41.6 Å². The fourth-order valence-corrected chi connectivity index (χ4v) is 4.15. The minimum atomic E-state index is -0.912. The highest BCUT2D eigenvalue weighted by atomic mass is 19.1. The van der Waals surface area contributed by atoms with E-state index in [9.17, 15) is 9.18 Å². The molecule has 0 aromatic rings. The lowest BCUT2D eigenvalue weighted by atomic mass is 9.42. The highest BCUT2D eigenvalue weighted by Crippen LogP contribution is 2.69. The molecule has 1 atom stereocenters. The van der Waals surface area contributed by atoms with E-state index in [1.54, 1.807) is 0 Å². The van der Waals surface area contributed by atoms with E-state index < -0.39 is 11.3 Å². The molecule has 4 fully saturated rings. The van der Waals surface area contributed by atoms with Crippen LogP contribution in [0.2, 0.25) is 0 Å². The number of carbonyl (C=O) groups excluding carboxylic acids is 1. The van der Waals surface area contributed by atoms with Crippen LogP contribution in [0.15, 0.2) is 0 Å². The molecule has 120 valence electrons. The fraction of sp³-hybridized carbons (Fsp3) is 0.938. The zero-order chi connectivity index (χ0) is 15.3. The molecule has 4 rings (SSSR count). The zero-order valence-corrected chi connectivity index (χ0v) is 13.4. The standard InChI is InChI=1S/C16H27FN2O2/c1-14(2,3)21-13(20)19(12-5-4-6-18-7-12)11-15-8-16(17,9-15)10-15/h12,18H,4-11H2,1-3H3. The van der Waals surface area contributed by atoms with Crippen LogP contribution in [0.25, 0.3) is 0 Å². The van der Waals surface area contributed by atoms with Crippen LogP contribution in [0.1, 0.15) is 52.9 Å². The van der Waals surface area contributed by atoms with Crippen molar-refractivity contribution in [3.63, 3.8) is 0 Å². The number of nitrogens with one attached hydrogen (secondary N) is 1. The summed E-state index contributed by atoms with van der Waals surface area (Å²) in [5.41, 5.74) is -1.37. The number of ether oxygens (including phenoxy) is 1. The van der Waals surface area contributed by atoms with E-state index in [4.69, 9.17) is 4.74 Å². The van der Waals surface area contributed by atoms with Gasteiger partial charge in [-0.15, -0.1) is 0 Å². The summed E-state index contributed by atoms with van der Waals surface area (Å²) in [5.74, 6) is 0. The quantitative estimate of drug-likeness (QED) is 0.871. The SMILES string of the molecule is CC(C)(C)OC(=O)N(CC12CC(F)(C1)C2)C1CCCNC1. The number of piperidine rings is 1. The van der Waals surface area contributed by atoms with Crippen molar-refractivity contribution in [3.8, 4) is 0 Å². The summed E-state index contributed by atoms with van der Waals surface area (Å²) in [7, 11) is 0. The molecule has 3 saturated carbocycles. The maximum atomic E-state index is 13.7. The van der Waals surface area contributed by atoms with E-state index in [1.807, 2.05) is 25.7 Å². The lowest BCUT2D eigenvalue weighted by Crippen LogP contribution is -2.69. The van der Waals surface area contributed by atoms with Gasteiger partial charge < -0.3 is 15.0 Å². The third-order valence-electron chi connectivity index (χ3n) is 4.92. The Hall–Kier alpha value is -0.840. The molecule has 0 aromatic carbocycles. The van der Waals surface area contributed by atoms with Crippen LogP contribution >= 0.6 is 0 Å². The molecule has 5 heteroatoms. The molecule has 1 unspecified atom stereocenters. The summed E-state index contributed by atoms with van der Waals surface area (Å²) < 4.78 is 19.3. The van der Waals surface area contributed by atoms with Crippen molar-refractivity contribution in [2.45, 2.75) is 70.2 Å². The Morgan fingerprint density at radius 1 is 1.38 bits per heavy atom. The van der Waals surface area contributed by atoms with Crippen molar-refractivity contribution in [2.24, 2.45) is 5.41 Å². The second-order valence-electron chi connectivity index (χ2n) is 8.29. The van der Waals surface area contributed by atoms with Crippen LogP contribution in [0.5, 0.6) is 0 Å². The molecule has 0 spiro atoms. The number of rotatable bonds is 3. The summed E-state index contributed by atoms with van der Waals surface area (Å²) in [5, 5.41) is 3.35. The van der Waals surface area contributed by atoms with Gasteiger partial charge in [-0.3, -0.25) is 0 Å². The van der Waals surface area contributed by atoms with Gasteiger partial charge in [0.05, 0.1) is 0 Å². The molecule has 4 aliphatic rings. The minimum Gasteiger partial charge on any atom is -0.444 e. The maximum Gasteiger partial charge on any atom is 0.410 e. The van der Waals surface area contributed by atoms with Crippen LogP contribution in [0, 0.1) is 5.41 Å². The van der Waals surface area contributed by atoms with Gasteiger partial charge in [0.15, 0.2) is 0 Å². The van der Waals surface area contributed by atoms with E-state index in [1.165, 1.54) is 0 Å². The molecule has 1 N–H and O–H groups in total. The van der Waals surface area contributed by atoms with Crippen LogP contribution in [0.4, 0.5) is 9.18 Å². The number of nitrogens with zero attached hydrogens (tertiary/aromatic N) is 1. The third kappa shape index (κ3) is 3.03. The number of hydrogen-bond acceptors (Lipinski definition) is 3. The average Bonchev–Trinajstić information content (AvgIpc) is 2.30. The summed E-state index contributed by atoms with van der Waals surface area (Å²) in [4.78, 5) is 14.4. The Balaban J connectivity index is 1.67. The molecule has 4 nitrogen and oxygen atoms in total. The molecule has 0 radical (unpaired) electrons. The predicted molar refractivity (Wildman–Crippen MR) is 79.0 cm³/mol. The first-order valence-corrected chi connectivity index (χ1v) is 8.10. The number of hydrogen-bond donors (Lipinski definition) is 1. The van der Waals surface area contributed by atoms with Gasteiger partial charge in [-0.25, -0.2) is 9.18 Å². The Bertz CT molecular complexity index is 407. The van der Waals surface area contributed by atoms with E-state index in [-0.39, 0.29) is 17.6 Å². The summed E-state index contributed by atoms with van der Waals surface area (Å²) in [6.45, 7) is 8.15. The van der Waals surface area contributed by atoms with Gasteiger partial charge in [0.25, 0.3) is 0 Å². The minimum absolute atomic E-state index is 0.0309. The van der Waals surface area contributed by atoms with Crippen molar-refractivity contribution in [1.82, 2.24) is 10.2 Å². The second-order valence-corrected chi connectivity index (χ2v) is 8.29. The normalized spacial score (nSPS) is 38.2. The van der Waals surface area contributed by atoms with Gasteiger partial charge >= 0.3 is 6.09 Å². The summed E-state index contributed by atoms with van der Waals surface area (Å²) in [6, 6.07) is 0.179. The summed E-state index contributed by atoms with van der Waals surface area (Å²) >= 11 is 0. The van der Waals surface area contributed by atoms with Gasteiger partial charge in [-0.1, -0.05) is 0 Å². The number of amides is 1. The molecular weight excluding hydrogens is 271 g/mol. The first kappa shape index (κ1) is 15.1. The highest BCUT2D eigenvalue weighted by molar-refractivity contribution is 5.69. The maximum absolute atomic E-state index is 13.7. The number of halogens is 1. The lowest BCUT2D eigenvalue weighted by molar-refractivity contribution is -0.222. The van der Waals surface area contributed by atoms with E-state index in [0.29, 0.717) is 25.8 Å². The highest BCUT2D eigenvalue weighted by Gasteiger charge is 2.69. The zero-order valence-electron chi connectivity index (χ0n) is 13.4. The summed E-state index contributed by atoms with van der Waals surface area (Å²) in [6.07, 6.45) is 3.71. The molecule has 1 amide bonds. The van der Waals surface area contributed by atoms with Gasteiger partial charge in [-0.05, 0) is 64.8 Å². The van der Waals surface area contributed by atoms with Gasteiger partial charge in [0, 0.05) is 19.1 Å². The van der Waals surface area contributed by atoms with E-state index >= 15 is 0 Å². The predicted octanol–water partition coefficient (Wildman–Crippen LogP) is 2.87. The monoisotopic (exact) mass is 298 g/mol. The Labute approximate surface area is 126 Å². The number of carbonyl (C=O) groups is 1. The van der Waals surface area contributed by atoms with Crippen LogP contribution in [-0.2, 0) is 4.74 Å². The van der Waals surface area contributed by atoms with Crippen LogP contribution in [0.3, 0.4) is 0 Å². The molecule has 0 aromatic heterocycles. The van der Waals surface area contributed by atoms with Crippen LogP contribution < -0.4 is 5.32 Å². The largest absolute Gasteiger partial charge is 0.444 e. The fourth-order valence-electron chi connectivity index (χ4n) is 4.15. The van der Waals surface area contributed by atoms with Crippen LogP contribution in [-0.4, -0.2) is 47.9 Å². The Morgan fingerprint density at radius 3 is 2.52 bits per heavy atom. The smallest absolute Gasteiger partial charge is 0.410 e.